The van der Waals surface area contributed by atoms with Crippen LogP contribution in [0, 0.1) is 12.3 Å². The Hall–Kier alpha value is -1.44. The van der Waals surface area contributed by atoms with Crippen molar-refractivity contribution in [3.8, 4) is 23.8 Å². The van der Waals surface area contributed by atoms with Gasteiger partial charge in [-0.1, -0.05) is 26.7 Å². The predicted molar refractivity (Wildman–Crippen MR) is 89.5 cm³/mol. The molecule has 4 heteroatoms. The lowest BCUT2D eigenvalue weighted by molar-refractivity contribution is 0.274. The first-order valence-corrected chi connectivity index (χ1v) is 9.92. The Bertz CT molecular complexity index is 536. The third-order valence-corrected chi connectivity index (χ3v) is 8.63. The second kappa shape index (κ2) is 6.55. The van der Waals surface area contributed by atoms with Crippen molar-refractivity contribution in [2.24, 2.45) is 0 Å². The van der Waals surface area contributed by atoms with E-state index in [9.17, 15) is 0 Å². The quantitative estimate of drug-likeness (QED) is 0.602. The van der Waals surface area contributed by atoms with Gasteiger partial charge in [0, 0.05) is 6.07 Å². The molecule has 0 fully saturated rings. The van der Waals surface area contributed by atoms with E-state index in [1.807, 2.05) is 6.07 Å². The molecule has 0 N–H and O–H groups in total. The van der Waals surface area contributed by atoms with Gasteiger partial charge in [-0.05, 0) is 29.8 Å². The number of rotatable bonds is 5. The number of hydrogen-bond acceptors (Lipinski definition) is 3. The van der Waals surface area contributed by atoms with Crippen molar-refractivity contribution in [1.29, 1.82) is 0 Å². The van der Waals surface area contributed by atoms with Crippen molar-refractivity contribution >= 4 is 8.32 Å². The van der Waals surface area contributed by atoms with Crippen molar-refractivity contribution in [3.05, 3.63) is 23.3 Å². The fourth-order valence-electron chi connectivity index (χ4n) is 1.68. The highest BCUT2D eigenvalue weighted by Gasteiger charge is 2.37. The summed E-state index contributed by atoms with van der Waals surface area (Å²) in [5.74, 6) is 4.06. The summed E-state index contributed by atoms with van der Waals surface area (Å²) in [7, 11) is 1.40. The number of methoxy groups -OCH3 is 2. The molecule has 0 unspecified atom stereocenters. The van der Waals surface area contributed by atoms with Crippen molar-refractivity contribution in [2.45, 2.75) is 45.5 Å². The molecule has 0 aromatic heterocycles. The van der Waals surface area contributed by atoms with Crippen LogP contribution in [0.3, 0.4) is 0 Å². The monoisotopic (exact) mass is 306 g/mol. The molecule has 0 atom stereocenters. The van der Waals surface area contributed by atoms with Gasteiger partial charge < -0.3 is 13.9 Å². The Morgan fingerprint density at radius 2 is 1.76 bits per heavy atom. The largest absolute Gasteiger partial charge is 0.497 e. The minimum absolute atomic E-state index is 0.159. The molecular formula is C17H26O3Si. The van der Waals surface area contributed by atoms with Crippen LogP contribution in [0.2, 0.25) is 18.1 Å². The lowest BCUT2D eigenvalue weighted by Crippen LogP contribution is -2.40. The average molecular weight is 306 g/mol. The molecule has 0 saturated heterocycles. The molecule has 0 heterocycles. The SMILES string of the molecule is C#Cc1c(CO[Si](C)(C)C(C)(C)C)cc(OC)cc1OC. The molecule has 1 rings (SSSR count). The number of hydrogen-bond donors (Lipinski definition) is 0. The van der Waals surface area contributed by atoms with Gasteiger partial charge in [-0.2, -0.15) is 0 Å². The normalized spacial score (nSPS) is 11.9. The van der Waals surface area contributed by atoms with E-state index in [4.69, 9.17) is 20.3 Å². The van der Waals surface area contributed by atoms with Crippen LogP contribution in [0.15, 0.2) is 12.1 Å². The van der Waals surface area contributed by atoms with E-state index in [1.165, 1.54) is 0 Å². The van der Waals surface area contributed by atoms with E-state index in [-0.39, 0.29) is 5.04 Å². The molecule has 0 aliphatic carbocycles. The van der Waals surface area contributed by atoms with Crippen LogP contribution < -0.4 is 9.47 Å². The maximum absolute atomic E-state index is 6.25. The fourth-order valence-corrected chi connectivity index (χ4v) is 2.63. The van der Waals surface area contributed by atoms with Gasteiger partial charge in [0.2, 0.25) is 0 Å². The van der Waals surface area contributed by atoms with Crippen molar-refractivity contribution < 1.29 is 13.9 Å². The summed E-state index contributed by atoms with van der Waals surface area (Å²) < 4.78 is 16.9. The molecule has 21 heavy (non-hydrogen) atoms. The number of terminal acetylenes is 1. The van der Waals surface area contributed by atoms with Crippen LogP contribution in [0.4, 0.5) is 0 Å². The second-order valence-electron chi connectivity index (χ2n) is 6.56. The lowest BCUT2D eigenvalue weighted by atomic mass is 10.1. The Labute approximate surface area is 129 Å². The standard InChI is InChI=1S/C17H26O3Si/c1-9-15-13(10-14(18-5)11-16(15)19-6)12-20-21(7,8)17(2,3)4/h1,10-11H,12H2,2-8H3. The molecule has 116 valence electrons. The third-order valence-electron chi connectivity index (χ3n) is 4.15. The fraction of sp³-hybridized carbons (Fsp3) is 0.529. The predicted octanol–water partition coefficient (Wildman–Crippen LogP) is 4.21. The molecule has 3 nitrogen and oxygen atoms in total. The smallest absolute Gasteiger partial charge is 0.192 e. The first-order chi connectivity index (χ1) is 9.66. The van der Waals surface area contributed by atoms with Crippen LogP contribution in [-0.4, -0.2) is 22.5 Å². The molecule has 0 saturated carbocycles. The van der Waals surface area contributed by atoms with Crippen LogP contribution in [-0.2, 0) is 11.0 Å². The van der Waals surface area contributed by atoms with Gasteiger partial charge in [0.25, 0.3) is 0 Å². The summed E-state index contributed by atoms with van der Waals surface area (Å²) in [4.78, 5) is 0. The molecule has 0 radical (unpaired) electrons. The summed E-state index contributed by atoms with van der Waals surface area (Å²) in [6.45, 7) is 11.6. The number of ether oxygens (including phenoxy) is 2. The highest BCUT2D eigenvalue weighted by atomic mass is 28.4. The van der Waals surface area contributed by atoms with Crippen molar-refractivity contribution in [3.63, 3.8) is 0 Å². The first kappa shape index (κ1) is 17.6. The zero-order chi connectivity index (χ0) is 16.3. The summed E-state index contributed by atoms with van der Waals surface area (Å²) in [6.07, 6.45) is 5.63. The minimum Gasteiger partial charge on any atom is -0.497 e. The maximum atomic E-state index is 6.25. The lowest BCUT2D eigenvalue weighted by Gasteiger charge is -2.36. The zero-order valence-corrected chi connectivity index (χ0v) is 15.2. The molecule has 1 aromatic carbocycles. The van der Waals surface area contributed by atoms with Gasteiger partial charge in [-0.25, -0.2) is 0 Å². The van der Waals surface area contributed by atoms with E-state index >= 15 is 0 Å². The summed E-state index contributed by atoms with van der Waals surface area (Å²) >= 11 is 0. The van der Waals surface area contributed by atoms with E-state index in [2.05, 4.69) is 39.8 Å². The summed E-state index contributed by atoms with van der Waals surface area (Å²) in [6, 6.07) is 3.72. The second-order valence-corrected chi connectivity index (χ2v) is 11.4. The molecule has 0 spiro atoms. The zero-order valence-electron chi connectivity index (χ0n) is 14.2. The van der Waals surface area contributed by atoms with Gasteiger partial charge >= 0.3 is 0 Å². The third kappa shape index (κ3) is 4.02. The maximum Gasteiger partial charge on any atom is 0.192 e. The van der Waals surface area contributed by atoms with Gasteiger partial charge in [-0.3, -0.25) is 0 Å². The molecule has 0 bridgehead atoms. The molecule has 0 amide bonds. The first-order valence-electron chi connectivity index (χ1n) is 7.01. The van der Waals surface area contributed by atoms with Crippen molar-refractivity contribution in [2.75, 3.05) is 14.2 Å². The van der Waals surface area contributed by atoms with Gasteiger partial charge in [0.15, 0.2) is 8.32 Å². The van der Waals surface area contributed by atoms with Gasteiger partial charge in [0.1, 0.15) is 11.5 Å². The van der Waals surface area contributed by atoms with Gasteiger partial charge in [0.05, 0.1) is 26.4 Å². The van der Waals surface area contributed by atoms with E-state index in [0.29, 0.717) is 12.4 Å². The summed E-state index contributed by atoms with van der Waals surface area (Å²) in [5, 5.41) is 0.159. The topological polar surface area (TPSA) is 27.7 Å². The van der Waals surface area contributed by atoms with E-state index in [1.54, 1.807) is 20.3 Å². The van der Waals surface area contributed by atoms with Crippen molar-refractivity contribution in [1.82, 2.24) is 0 Å². The van der Waals surface area contributed by atoms with Crippen LogP contribution >= 0.6 is 0 Å². The highest BCUT2D eigenvalue weighted by molar-refractivity contribution is 6.74. The number of benzene rings is 1. The van der Waals surface area contributed by atoms with E-state index in [0.717, 1.165) is 16.9 Å². The average Bonchev–Trinajstić information content (AvgIpc) is 2.42. The Morgan fingerprint density at radius 1 is 1.14 bits per heavy atom. The van der Waals surface area contributed by atoms with E-state index < -0.39 is 8.32 Å². The highest BCUT2D eigenvalue weighted by Crippen LogP contribution is 2.38. The Kier molecular flexibility index (Phi) is 5.49. The molecule has 0 aliphatic rings. The molecule has 0 aliphatic heterocycles. The Balaban J connectivity index is 3.11. The Morgan fingerprint density at radius 3 is 2.19 bits per heavy atom. The van der Waals surface area contributed by atoms with Crippen LogP contribution in [0.1, 0.15) is 31.9 Å². The summed E-state index contributed by atoms with van der Waals surface area (Å²) in [5.41, 5.74) is 1.66. The van der Waals surface area contributed by atoms with Crippen LogP contribution in [0.25, 0.3) is 0 Å². The molecular weight excluding hydrogens is 280 g/mol. The van der Waals surface area contributed by atoms with Crippen LogP contribution in [0.5, 0.6) is 11.5 Å². The van der Waals surface area contributed by atoms with Gasteiger partial charge in [-0.15, -0.1) is 6.42 Å². The molecule has 1 aromatic rings. The minimum atomic E-state index is -1.83.